The van der Waals surface area contributed by atoms with Gasteiger partial charge in [0.15, 0.2) is 37.4 Å². The zero-order valence-electron chi connectivity index (χ0n) is 57.5. The number of aliphatic hydroxyl groups is 16. The molecule has 31 nitrogen and oxygen atoms in total. The molecule has 10 aliphatic rings. The number of fused-ring (bicyclic) bond motifs is 7. The van der Waals surface area contributed by atoms with Gasteiger partial charge in [-0.3, -0.25) is 14.4 Å². The smallest absolute Gasteiger partial charge is 0.317 e. The van der Waals surface area contributed by atoms with Gasteiger partial charge < -0.3 is 139 Å². The van der Waals surface area contributed by atoms with Crippen LogP contribution < -0.4 is 0 Å². The number of hydrogen-bond donors (Lipinski definition) is 16. The Labute approximate surface area is 569 Å². The predicted octanol–water partition coefficient (Wildman–Crippen LogP) is -2.93. The summed E-state index contributed by atoms with van der Waals surface area (Å²) in [5.41, 5.74) is -4.46. The van der Waals surface area contributed by atoms with E-state index in [1.54, 1.807) is 0 Å². The third-order valence-electron chi connectivity index (χ3n) is 24.7. The lowest BCUT2D eigenvalue weighted by molar-refractivity contribution is -0.368. The second-order valence-electron chi connectivity index (χ2n) is 31.7. The van der Waals surface area contributed by atoms with Gasteiger partial charge in [0.1, 0.15) is 97.0 Å². The minimum atomic E-state index is -2.10. The van der Waals surface area contributed by atoms with Crippen molar-refractivity contribution in [3.8, 4) is 0 Å². The minimum Gasteiger partial charge on any atom is -0.462 e. The Hall–Kier alpha value is -2.85. The highest BCUT2D eigenvalue weighted by molar-refractivity contribution is 5.80. The summed E-state index contributed by atoms with van der Waals surface area (Å²) < 4.78 is 71.6. The van der Waals surface area contributed by atoms with Gasteiger partial charge in [-0.1, -0.05) is 53.2 Å². The number of ether oxygens (including phenoxy) is 12. The van der Waals surface area contributed by atoms with Crippen LogP contribution in [0.5, 0.6) is 0 Å². The lowest BCUT2D eigenvalue weighted by atomic mass is 9.33. The highest BCUT2D eigenvalue weighted by atomic mass is 16.8. The molecule has 37 atom stereocenters. The molecule has 0 bridgehead atoms. The molecule has 0 radical (unpaired) electrons. The van der Waals surface area contributed by atoms with E-state index >= 15 is 4.79 Å². The fraction of sp³-hybridized carbons (Fsp3) is 0.925. The average Bonchev–Trinajstić information content (AvgIpc) is 0.719. The van der Waals surface area contributed by atoms with Crippen LogP contribution in [0.3, 0.4) is 0 Å². The van der Waals surface area contributed by atoms with Crippen LogP contribution in [0.2, 0.25) is 0 Å². The molecule has 0 spiro atoms. The van der Waals surface area contributed by atoms with Crippen molar-refractivity contribution in [3.05, 3.63) is 11.6 Å². The van der Waals surface area contributed by atoms with Crippen LogP contribution in [0.25, 0.3) is 0 Å². The molecule has 98 heavy (non-hydrogen) atoms. The molecule has 0 aromatic heterocycles. The van der Waals surface area contributed by atoms with Crippen molar-refractivity contribution in [2.24, 2.45) is 50.2 Å². The summed E-state index contributed by atoms with van der Waals surface area (Å²) in [6.45, 7) is 17.5. The number of carbonyl (C=O) groups is 3. The Morgan fingerprint density at radius 3 is 1.73 bits per heavy atom. The highest BCUT2D eigenvalue weighted by Gasteiger charge is 2.73. The first-order valence-electron chi connectivity index (χ1n) is 34.6. The van der Waals surface area contributed by atoms with Crippen LogP contribution in [0.1, 0.15) is 140 Å². The Morgan fingerprint density at radius 2 is 1.10 bits per heavy atom. The molecule has 31 heteroatoms. The first-order valence-corrected chi connectivity index (χ1v) is 34.6. The Morgan fingerprint density at radius 1 is 0.541 bits per heavy atom. The summed E-state index contributed by atoms with van der Waals surface area (Å²) in [5.74, 6) is -3.89. The van der Waals surface area contributed by atoms with E-state index in [1.807, 2.05) is 6.92 Å². The predicted molar refractivity (Wildman–Crippen MR) is 330 cm³/mol. The topological polar surface area (TPSA) is 486 Å². The number of hydrogen-bond acceptors (Lipinski definition) is 31. The molecule has 5 aliphatic heterocycles. The van der Waals surface area contributed by atoms with E-state index in [9.17, 15) is 91.3 Å². The number of rotatable bonds is 19. The van der Waals surface area contributed by atoms with E-state index < -0.39 is 261 Å². The molecular weight excluding hydrogens is 1300 g/mol. The Kier molecular flexibility index (Phi) is 23.2. The first kappa shape index (κ1) is 77.8. The number of aliphatic hydroxyl groups excluding tert-OH is 16. The molecular formula is C67H108O31. The van der Waals surface area contributed by atoms with Gasteiger partial charge in [0.25, 0.3) is 0 Å². The summed E-state index contributed by atoms with van der Waals surface area (Å²) in [4.78, 5) is 42.0. The summed E-state index contributed by atoms with van der Waals surface area (Å²) in [7, 11) is 0. The second kappa shape index (κ2) is 29.2. The molecule has 4 saturated carbocycles. The van der Waals surface area contributed by atoms with E-state index in [-0.39, 0.29) is 37.5 Å². The van der Waals surface area contributed by atoms with Crippen molar-refractivity contribution in [2.45, 2.75) is 318 Å². The van der Waals surface area contributed by atoms with Crippen molar-refractivity contribution in [3.63, 3.8) is 0 Å². The lowest BCUT2D eigenvalue weighted by Gasteiger charge is -2.72. The fourth-order valence-corrected chi connectivity index (χ4v) is 19.0. The van der Waals surface area contributed by atoms with Crippen LogP contribution >= 0.6 is 0 Å². The van der Waals surface area contributed by atoms with Crippen LogP contribution in [0.15, 0.2) is 11.6 Å². The van der Waals surface area contributed by atoms with Gasteiger partial charge in [0.2, 0.25) is 6.29 Å². The molecule has 562 valence electrons. The highest BCUT2D eigenvalue weighted by Crippen LogP contribution is 2.76. The number of allylic oxidation sites excluding steroid dienone is 2. The maximum atomic E-state index is 15.9. The van der Waals surface area contributed by atoms with E-state index in [0.29, 0.717) is 32.1 Å². The van der Waals surface area contributed by atoms with Gasteiger partial charge in [0, 0.05) is 5.41 Å². The van der Waals surface area contributed by atoms with Crippen molar-refractivity contribution in [1.29, 1.82) is 0 Å². The fourth-order valence-electron chi connectivity index (χ4n) is 19.0. The monoisotopic (exact) mass is 1410 g/mol. The summed E-state index contributed by atoms with van der Waals surface area (Å²) in [6, 6.07) is 0. The molecule has 9 fully saturated rings. The van der Waals surface area contributed by atoms with E-state index in [2.05, 4.69) is 40.7 Å². The van der Waals surface area contributed by atoms with Crippen LogP contribution in [0.4, 0.5) is 0 Å². The summed E-state index contributed by atoms with van der Waals surface area (Å²) in [5, 5.41) is 178. The van der Waals surface area contributed by atoms with Crippen LogP contribution in [0, 0.1) is 50.2 Å². The van der Waals surface area contributed by atoms with Gasteiger partial charge in [-0.15, -0.1) is 0 Å². The molecule has 5 heterocycles. The third kappa shape index (κ3) is 13.7. The SMILES string of the molecule is CC(O)CC(=O)OC(C)CC(=O)OC1C(C)OC(OC(=O)C23CCC(C)(C)CC2C2=CCC4C5(C)CC(O)C(OC6OC(CO)C(O)C(O)C6O)C(C)(CO)C5CCC4(C)C2(C)CC3O)C(OC2OC(C)C(OC3OC(CO)C(OC4OC(C)C(O)C(O)C4O)C3O)C(O)C2O)C1O. The van der Waals surface area contributed by atoms with Gasteiger partial charge in [-0.05, 0) is 125 Å². The van der Waals surface area contributed by atoms with Gasteiger partial charge in [-0.25, -0.2) is 0 Å². The van der Waals surface area contributed by atoms with Crippen molar-refractivity contribution >= 4 is 17.9 Å². The van der Waals surface area contributed by atoms with Crippen LogP contribution in [-0.2, 0) is 71.2 Å². The summed E-state index contributed by atoms with van der Waals surface area (Å²) >= 11 is 0. The zero-order chi connectivity index (χ0) is 72.2. The molecule has 5 saturated heterocycles. The zero-order valence-corrected chi connectivity index (χ0v) is 57.5. The summed E-state index contributed by atoms with van der Waals surface area (Å²) in [6.07, 6.45) is -41.5. The Bertz CT molecular complexity index is 2810. The quantitative estimate of drug-likeness (QED) is 0.0266. The maximum Gasteiger partial charge on any atom is 0.317 e. The molecule has 0 aromatic carbocycles. The minimum absolute atomic E-state index is 0.0569. The number of carbonyl (C=O) groups excluding carboxylic acids is 3. The Balaban J connectivity index is 0.908. The van der Waals surface area contributed by atoms with Crippen LogP contribution in [-0.4, -0.2) is 297 Å². The largest absolute Gasteiger partial charge is 0.462 e. The second-order valence-corrected chi connectivity index (χ2v) is 31.7. The van der Waals surface area contributed by atoms with Crippen molar-refractivity contribution in [1.82, 2.24) is 0 Å². The average molecular weight is 1410 g/mol. The first-order chi connectivity index (χ1) is 45.8. The molecule has 0 amide bonds. The standard InChI is InChI=1S/C67H108O31/c1-26(71)18-39(74)87-27(2)19-40(75)93-52-30(5)90-60(54(49(52)84)96-57-48(83)45(80)51(29(4)89-57)94-59-50(85)53(35(24-69)92-59)95-56-46(81)43(78)41(76)28(3)88-56)98-61(86)67-17-16-62(6,7)20-32(67)31-12-13-37-63(8)21-33(72)55(97-58-47(82)44(79)42(77)34(23-68)91-58)64(9,25-70)36(63)14-15-65(37,10)66(31,11)22-38(67)73/h12,26-30,32-38,41-60,68-73,76-85H,13-25H2,1-11H3. The maximum absolute atomic E-state index is 15.9. The van der Waals surface area contributed by atoms with Crippen molar-refractivity contribution < 1.29 is 153 Å². The van der Waals surface area contributed by atoms with E-state index in [0.717, 1.165) is 5.57 Å². The molecule has 10 rings (SSSR count). The number of esters is 3. The van der Waals surface area contributed by atoms with Gasteiger partial charge >= 0.3 is 17.9 Å². The van der Waals surface area contributed by atoms with E-state index in [1.165, 1.54) is 34.6 Å². The van der Waals surface area contributed by atoms with Crippen molar-refractivity contribution in [2.75, 3.05) is 19.8 Å². The molecule has 16 N–H and O–H groups in total. The van der Waals surface area contributed by atoms with Gasteiger partial charge in [-0.2, -0.15) is 0 Å². The molecule has 5 aliphatic carbocycles. The molecule has 0 aromatic rings. The molecule has 37 unspecified atom stereocenters. The normalized spacial score (nSPS) is 51.4. The van der Waals surface area contributed by atoms with E-state index in [4.69, 9.17) is 56.8 Å². The van der Waals surface area contributed by atoms with Gasteiger partial charge in [0.05, 0.1) is 75.4 Å². The third-order valence-corrected chi connectivity index (χ3v) is 24.7. The lowest BCUT2D eigenvalue weighted by Crippen LogP contribution is -2.70.